The zero-order chi connectivity index (χ0) is 29.2. The fraction of sp³-hybridized carbons (Fsp3) is 0.0667. The van der Waals surface area contributed by atoms with E-state index in [-0.39, 0.29) is 21.6 Å². The van der Waals surface area contributed by atoms with Crippen molar-refractivity contribution in [3.05, 3.63) is 109 Å². The van der Waals surface area contributed by atoms with E-state index in [1.165, 1.54) is 12.1 Å². The number of aromatic nitrogens is 2. The minimum Gasteiger partial charge on any atom is -0.337 e. The van der Waals surface area contributed by atoms with Gasteiger partial charge < -0.3 is 10.6 Å². The van der Waals surface area contributed by atoms with Gasteiger partial charge in [-0.3, -0.25) is 0 Å². The molecule has 0 atom stereocenters. The molecular weight excluding hydrogens is 563 g/mol. The smallest absolute Gasteiger partial charge is 0.229 e. The number of sulfone groups is 2. The van der Waals surface area contributed by atoms with Crippen molar-refractivity contribution >= 4 is 42.8 Å². The fourth-order valence-electron chi connectivity index (χ4n) is 4.44. The lowest BCUT2D eigenvalue weighted by Gasteiger charge is -2.16. The van der Waals surface area contributed by atoms with E-state index in [0.717, 1.165) is 18.7 Å². The molecule has 0 aliphatic rings. The summed E-state index contributed by atoms with van der Waals surface area (Å²) in [6, 6.07) is 27.2. The maximum atomic E-state index is 14.9. The first-order valence-electron chi connectivity index (χ1n) is 12.4. The molecule has 208 valence electrons. The summed E-state index contributed by atoms with van der Waals surface area (Å²) in [4.78, 5) is 8.72. The molecule has 0 fully saturated rings. The molecule has 5 rings (SSSR count). The molecule has 0 unspecified atom stereocenters. The Labute approximate surface area is 237 Å². The van der Waals surface area contributed by atoms with Crippen molar-refractivity contribution in [2.75, 3.05) is 23.1 Å². The highest BCUT2D eigenvalue weighted by atomic mass is 32.2. The minimum atomic E-state index is -3.54. The van der Waals surface area contributed by atoms with Crippen molar-refractivity contribution in [3.63, 3.8) is 0 Å². The Hall–Kier alpha value is -4.61. The predicted octanol–water partition coefficient (Wildman–Crippen LogP) is 6.24. The van der Waals surface area contributed by atoms with Crippen LogP contribution in [0.1, 0.15) is 0 Å². The van der Waals surface area contributed by atoms with Crippen LogP contribution in [0.25, 0.3) is 22.3 Å². The van der Waals surface area contributed by atoms with Crippen LogP contribution in [0, 0.1) is 5.82 Å². The minimum absolute atomic E-state index is 0.0622. The van der Waals surface area contributed by atoms with Crippen molar-refractivity contribution in [2.45, 2.75) is 9.79 Å². The van der Waals surface area contributed by atoms with Crippen LogP contribution in [0.15, 0.2) is 113 Å². The van der Waals surface area contributed by atoms with Crippen molar-refractivity contribution in [1.82, 2.24) is 9.97 Å². The molecule has 4 aromatic carbocycles. The number of benzene rings is 4. The van der Waals surface area contributed by atoms with Gasteiger partial charge in [-0.05, 0) is 24.3 Å². The molecule has 0 bridgehead atoms. The van der Waals surface area contributed by atoms with Gasteiger partial charge in [-0.2, -0.15) is 4.98 Å². The number of anilines is 4. The first kappa shape index (κ1) is 27.9. The number of rotatable bonds is 8. The molecule has 0 aliphatic heterocycles. The molecule has 0 saturated carbocycles. The van der Waals surface area contributed by atoms with Crippen molar-refractivity contribution in [3.8, 4) is 22.3 Å². The molecular formula is C30H25FN4O4S2. The molecule has 1 heterocycles. The molecule has 0 saturated heterocycles. The quantitative estimate of drug-likeness (QED) is 0.219. The third kappa shape index (κ3) is 6.11. The fourth-order valence-corrected chi connectivity index (χ4v) is 6.25. The van der Waals surface area contributed by atoms with Crippen LogP contribution >= 0.6 is 0 Å². The van der Waals surface area contributed by atoms with Crippen molar-refractivity contribution < 1.29 is 21.2 Å². The van der Waals surface area contributed by atoms with Gasteiger partial charge in [0.25, 0.3) is 0 Å². The second-order valence-corrected chi connectivity index (χ2v) is 13.2. The topological polar surface area (TPSA) is 118 Å². The van der Waals surface area contributed by atoms with Crippen LogP contribution in [0.2, 0.25) is 0 Å². The van der Waals surface area contributed by atoms with Crippen molar-refractivity contribution in [2.24, 2.45) is 0 Å². The van der Waals surface area contributed by atoms with Crippen LogP contribution in [0.3, 0.4) is 0 Å². The predicted molar refractivity (Wildman–Crippen MR) is 159 cm³/mol. The van der Waals surface area contributed by atoms with E-state index in [1.54, 1.807) is 84.9 Å². The van der Waals surface area contributed by atoms with Crippen LogP contribution in [0.5, 0.6) is 0 Å². The van der Waals surface area contributed by atoms with Gasteiger partial charge in [0.2, 0.25) is 5.95 Å². The number of nitrogens with zero attached hydrogens (tertiary/aromatic N) is 2. The summed E-state index contributed by atoms with van der Waals surface area (Å²) >= 11 is 0. The molecule has 5 aromatic rings. The summed E-state index contributed by atoms with van der Waals surface area (Å²) in [5, 5.41) is 6.05. The maximum Gasteiger partial charge on any atom is 0.229 e. The van der Waals surface area contributed by atoms with Gasteiger partial charge in [-0.1, -0.05) is 72.8 Å². The number of nitrogens with one attached hydrogen (secondary N) is 2. The molecule has 41 heavy (non-hydrogen) atoms. The zero-order valence-corrected chi connectivity index (χ0v) is 23.7. The largest absolute Gasteiger partial charge is 0.337 e. The summed E-state index contributed by atoms with van der Waals surface area (Å²) in [7, 11) is -7.05. The van der Waals surface area contributed by atoms with Gasteiger partial charge in [-0.25, -0.2) is 26.2 Å². The molecule has 0 radical (unpaired) electrons. The monoisotopic (exact) mass is 588 g/mol. The molecule has 0 spiro atoms. The average molecular weight is 589 g/mol. The summed E-state index contributed by atoms with van der Waals surface area (Å²) in [6.45, 7) is 0. The third-order valence-electron chi connectivity index (χ3n) is 6.25. The van der Waals surface area contributed by atoms with Gasteiger partial charge >= 0.3 is 0 Å². The number of halogens is 1. The van der Waals surface area contributed by atoms with Crippen molar-refractivity contribution in [1.29, 1.82) is 0 Å². The molecule has 1 aromatic heterocycles. The second-order valence-electron chi connectivity index (χ2n) is 9.27. The van der Waals surface area contributed by atoms with Gasteiger partial charge in [0.05, 0.1) is 16.0 Å². The molecule has 8 nitrogen and oxygen atoms in total. The van der Waals surface area contributed by atoms with Crippen LogP contribution in [-0.2, 0) is 19.7 Å². The molecule has 0 amide bonds. The Kier molecular flexibility index (Phi) is 7.57. The third-order valence-corrected chi connectivity index (χ3v) is 8.56. The Bertz CT molecular complexity index is 1980. The number of hydrogen-bond donors (Lipinski definition) is 2. The van der Waals surface area contributed by atoms with Gasteiger partial charge in [0, 0.05) is 46.1 Å². The normalized spacial score (nSPS) is 11.7. The number of para-hydroxylation sites is 2. The Balaban J connectivity index is 1.52. The molecule has 11 heteroatoms. The Morgan fingerprint density at radius 1 is 0.585 bits per heavy atom. The van der Waals surface area contributed by atoms with E-state index >= 15 is 0 Å². The summed E-state index contributed by atoms with van der Waals surface area (Å²) in [5.74, 6) is -0.800. The average Bonchev–Trinajstić information content (AvgIpc) is 2.94. The van der Waals surface area contributed by atoms with E-state index in [2.05, 4.69) is 20.6 Å². The van der Waals surface area contributed by atoms with E-state index in [4.69, 9.17) is 0 Å². The molecule has 0 aliphatic carbocycles. The Morgan fingerprint density at radius 3 is 1.49 bits per heavy atom. The standard InChI is InChI=1S/C30H25FN4O4S2/c1-40(36,37)27-17-9-5-13-22(27)20-11-3-7-15-25(20)33-29-24(31)19-32-30(35-29)34-26-16-8-4-12-21(26)23-14-6-10-18-28(23)41(2,38)39/h3-19H,1-2H3,(H2,32,33,34,35). The maximum absolute atomic E-state index is 14.9. The second kappa shape index (κ2) is 11.1. The summed E-state index contributed by atoms with van der Waals surface area (Å²) in [5.41, 5.74) is 3.06. The van der Waals surface area contributed by atoms with E-state index in [1.807, 2.05) is 0 Å². The lowest BCUT2D eigenvalue weighted by atomic mass is 10.0. The Morgan fingerprint density at radius 2 is 1.00 bits per heavy atom. The van der Waals surface area contributed by atoms with E-state index < -0.39 is 25.5 Å². The van der Waals surface area contributed by atoms with E-state index in [0.29, 0.717) is 33.6 Å². The van der Waals surface area contributed by atoms with Crippen LogP contribution in [0.4, 0.5) is 27.5 Å². The van der Waals surface area contributed by atoms with Gasteiger partial charge in [0.1, 0.15) is 0 Å². The SMILES string of the molecule is CS(=O)(=O)c1ccccc1-c1ccccc1Nc1ncc(F)c(Nc2ccccc2-c2ccccc2S(C)(=O)=O)n1. The van der Waals surface area contributed by atoms with Gasteiger partial charge in [0.15, 0.2) is 31.3 Å². The van der Waals surface area contributed by atoms with Crippen LogP contribution < -0.4 is 10.6 Å². The lowest BCUT2D eigenvalue weighted by molar-refractivity contribution is 0.600. The van der Waals surface area contributed by atoms with E-state index in [9.17, 15) is 21.2 Å². The van der Waals surface area contributed by atoms with Crippen LogP contribution in [-0.4, -0.2) is 39.3 Å². The van der Waals surface area contributed by atoms with Gasteiger partial charge in [-0.15, -0.1) is 0 Å². The highest BCUT2D eigenvalue weighted by Gasteiger charge is 2.19. The lowest BCUT2D eigenvalue weighted by Crippen LogP contribution is -2.06. The zero-order valence-electron chi connectivity index (χ0n) is 22.0. The summed E-state index contributed by atoms with van der Waals surface area (Å²) < 4.78 is 64.7. The highest BCUT2D eigenvalue weighted by molar-refractivity contribution is 7.91. The first-order valence-corrected chi connectivity index (χ1v) is 16.1. The highest BCUT2D eigenvalue weighted by Crippen LogP contribution is 2.36. The first-order chi connectivity index (χ1) is 19.5. The summed E-state index contributed by atoms with van der Waals surface area (Å²) in [6.07, 6.45) is 3.29. The molecule has 2 N–H and O–H groups in total. The number of hydrogen-bond acceptors (Lipinski definition) is 8.